The summed E-state index contributed by atoms with van der Waals surface area (Å²) in [6, 6.07) is 10.9. The summed E-state index contributed by atoms with van der Waals surface area (Å²) >= 11 is 0. The first-order valence-corrected chi connectivity index (χ1v) is 6.92. The van der Waals surface area contributed by atoms with Gasteiger partial charge in [-0.15, -0.1) is 0 Å². The summed E-state index contributed by atoms with van der Waals surface area (Å²) < 4.78 is 39.7. The summed E-state index contributed by atoms with van der Waals surface area (Å²) in [4.78, 5) is 10.9. The summed E-state index contributed by atoms with van der Waals surface area (Å²) in [7, 11) is 0. The van der Waals surface area contributed by atoms with Crippen LogP contribution in [0.1, 0.15) is 5.56 Å². The molecule has 3 heterocycles. The van der Waals surface area contributed by atoms with Crippen LogP contribution in [0, 0.1) is 0 Å². The van der Waals surface area contributed by atoms with Crippen molar-refractivity contribution in [2.45, 2.75) is 6.18 Å². The van der Waals surface area contributed by atoms with Gasteiger partial charge in [-0.1, -0.05) is 18.2 Å². The third-order valence-electron chi connectivity index (χ3n) is 3.78. The van der Waals surface area contributed by atoms with E-state index < -0.39 is 11.7 Å². The minimum Gasteiger partial charge on any atom is -0.346 e. The van der Waals surface area contributed by atoms with Crippen LogP contribution >= 0.6 is 0 Å². The molecule has 3 aromatic heterocycles. The molecular formula is C17H10F3N3. The molecule has 1 aromatic carbocycles. The molecule has 0 aliphatic heterocycles. The Kier molecular flexibility index (Phi) is 2.87. The molecule has 6 heteroatoms. The lowest BCUT2D eigenvalue weighted by Gasteiger charge is -2.09. The first kappa shape index (κ1) is 13.8. The van der Waals surface area contributed by atoms with E-state index in [0.29, 0.717) is 11.1 Å². The van der Waals surface area contributed by atoms with Crippen LogP contribution in [-0.4, -0.2) is 15.0 Å². The van der Waals surface area contributed by atoms with Crippen LogP contribution < -0.4 is 0 Å². The number of H-pyrrole nitrogens is 1. The SMILES string of the molecule is FC(F)(F)c1c[nH]c2nccc(-c3cnc4ccccc4c3)c12. The molecule has 0 bridgehead atoms. The molecule has 0 unspecified atom stereocenters. The summed E-state index contributed by atoms with van der Waals surface area (Å²) in [5.74, 6) is 0. The van der Waals surface area contributed by atoms with Crippen molar-refractivity contribution in [3.63, 3.8) is 0 Å². The molecule has 3 nitrogen and oxygen atoms in total. The van der Waals surface area contributed by atoms with E-state index in [1.54, 1.807) is 12.3 Å². The zero-order valence-corrected chi connectivity index (χ0v) is 11.7. The predicted octanol–water partition coefficient (Wildman–Crippen LogP) is 4.80. The van der Waals surface area contributed by atoms with E-state index in [-0.39, 0.29) is 11.0 Å². The molecular weight excluding hydrogens is 303 g/mol. The molecule has 0 spiro atoms. The van der Waals surface area contributed by atoms with Crippen LogP contribution in [0.4, 0.5) is 13.2 Å². The zero-order valence-electron chi connectivity index (χ0n) is 11.7. The molecule has 0 radical (unpaired) electrons. The van der Waals surface area contributed by atoms with Crippen molar-refractivity contribution in [1.29, 1.82) is 0 Å². The molecule has 0 aliphatic rings. The summed E-state index contributed by atoms with van der Waals surface area (Å²) in [6.45, 7) is 0. The number of para-hydroxylation sites is 1. The highest BCUT2D eigenvalue weighted by atomic mass is 19.4. The quantitative estimate of drug-likeness (QED) is 0.548. The smallest absolute Gasteiger partial charge is 0.346 e. The Hall–Kier alpha value is -2.89. The van der Waals surface area contributed by atoms with Gasteiger partial charge in [0.2, 0.25) is 0 Å². The van der Waals surface area contributed by atoms with E-state index >= 15 is 0 Å². The highest BCUT2D eigenvalue weighted by Gasteiger charge is 2.35. The van der Waals surface area contributed by atoms with Crippen molar-refractivity contribution in [3.8, 4) is 11.1 Å². The highest BCUT2D eigenvalue weighted by molar-refractivity contribution is 5.97. The molecule has 1 N–H and O–H groups in total. The van der Waals surface area contributed by atoms with Gasteiger partial charge in [-0.2, -0.15) is 13.2 Å². The van der Waals surface area contributed by atoms with Gasteiger partial charge in [0.1, 0.15) is 5.65 Å². The largest absolute Gasteiger partial charge is 0.418 e. The third kappa shape index (κ3) is 2.23. The third-order valence-corrected chi connectivity index (χ3v) is 3.78. The maximum atomic E-state index is 13.2. The first-order valence-electron chi connectivity index (χ1n) is 6.92. The fourth-order valence-electron chi connectivity index (χ4n) is 2.74. The number of fused-ring (bicyclic) bond motifs is 2. The van der Waals surface area contributed by atoms with Gasteiger partial charge in [-0.05, 0) is 23.8 Å². The van der Waals surface area contributed by atoms with Crippen molar-refractivity contribution in [1.82, 2.24) is 15.0 Å². The highest BCUT2D eigenvalue weighted by Crippen LogP contribution is 2.39. The van der Waals surface area contributed by atoms with Crippen LogP contribution in [0.25, 0.3) is 33.1 Å². The number of aromatic nitrogens is 3. The van der Waals surface area contributed by atoms with Crippen molar-refractivity contribution in [2.75, 3.05) is 0 Å². The van der Waals surface area contributed by atoms with E-state index in [2.05, 4.69) is 15.0 Å². The van der Waals surface area contributed by atoms with Gasteiger partial charge in [0.15, 0.2) is 0 Å². The van der Waals surface area contributed by atoms with Crippen LogP contribution in [0.15, 0.2) is 55.0 Å². The topological polar surface area (TPSA) is 41.6 Å². The van der Waals surface area contributed by atoms with E-state index in [9.17, 15) is 13.2 Å². The Morgan fingerprint density at radius 2 is 1.83 bits per heavy atom. The molecule has 0 atom stereocenters. The van der Waals surface area contributed by atoms with Gasteiger partial charge in [-0.3, -0.25) is 4.98 Å². The Bertz CT molecular complexity index is 1020. The van der Waals surface area contributed by atoms with Gasteiger partial charge in [0.05, 0.1) is 11.1 Å². The van der Waals surface area contributed by atoms with Crippen molar-refractivity contribution in [3.05, 3.63) is 60.6 Å². The first-order chi connectivity index (χ1) is 11.0. The zero-order chi connectivity index (χ0) is 16.0. The summed E-state index contributed by atoms with van der Waals surface area (Å²) in [6.07, 6.45) is -0.413. The van der Waals surface area contributed by atoms with Crippen LogP contribution in [0.3, 0.4) is 0 Å². The number of alkyl halides is 3. The fraction of sp³-hybridized carbons (Fsp3) is 0.0588. The molecule has 4 aromatic rings. The minimum absolute atomic E-state index is 0.0667. The van der Waals surface area contributed by atoms with Crippen molar-refractivity contribution in [2.24, 2.45) is 0 Å². The Morgan fingerprint density at radius 3 is 2.65 bits per heavy atom. The number of nitrogens with zero attached hydrogens (tertiary/aromatic N) is 2. The molecule has 0 saturated carbocycles. The van der Waals surface area contributed by atoms with Gasteiger partial charge in [0.25, 0.3) is 0 Å². The molecule has 0 fully saturated rings. The number of hydrogen-bond donors (Lipinski definition) is 1. The number of pyridine rings is 2. The van der Waals surface area contributed by atoms with Gasteiger partial charge in [-0.25, -0.2) is 4.98 Å². The number of aromatic amines is 1. The second-order valence-corrected chi connectivity index (χ2v) is 5.20. The second-order valence-electron chi connectivity index (χ2n) is 5.20. The lowest BCUT2D eigenvalue weighted by atomic mass is 10.0. The predicted molar refractivity (Wildman–Crippen MR) is 81.8 cm³/mol. The normalized spacial score (nSPS) is 12.1. The van der Waals surface area contributed by atoms with E-state index in [1.807, 2.05) is 30.3 Å². The van der Waals surface area contributed by atoms with Gasteiger partial charge >= 0.3 is 6.18 Å². The average molecular weight is 313 g/mol. The van der Waals surface area contributed by atoms with Gasteiger partial charge < -0.3 is 4.98 Å². The van der Waals surface area contributed by atoms with Crippen LogP contribution in [0.5, 0.6) is 0 Å². The Labute approximate surface area is 128 Å². The Balaban J connectivity index is 2.02. The molecule has 0 amide bonds. The summed E-state index contributed by atoms with van der Waals surface area (Å²) in [5, 5.41) is 0.941. The number of hydrogen-bond acceptors (Lipinski definition) is 2. The van der Waals surface area contributed by atoms with Crippen LogP contribution in [0.2, 0.25) is 0 Å². The number of rotatable bonds is 1. The molecule has 114 valence electrons. The number of halogens is 3. The number of nitrogens with one attached hydrogen (secondary N) is 1. The van der Waals surface area contributed by atoms with E-state index in [1.165, 1.54) is 6.20 Å². The van der Waals surface area contributed by atoms with Gasteiger partial charge in [0, 0.05) is 34.9 Å². The standard InChI is InChI=1S/C17H10F3N3/c18-17(19,20)13-9-23-16-15(13)12(5-6-21-16)11-7-10-3-1-2-4-14(10)22-8-11/h1-9H,(H,21,23). The lowest BCUT2D eigenvalue weighted by Crippen LogP contribution is -2.04. The fourth-order valence-corrected chi connectivity index (χ4v) is 2.74. The summed E-state index contributed by atoms with van der Waals surface area (Å²) in [5.41, 5.74) is 1.38. The van der Waals surface area contributed by atoms with E-state index in [0.717, 1.165) is 17.1 Å². The van der Waals surface area contributed by atoms with Crippen molar-refractivity contribution < 1.29 is 13.2 Å². The lowest BCUT2D eigenvalue weighted by molar-refractivity contribution is -0.136. The second kappa shape index (κ2) is 4.81. The Morgan fingerprint density at radius 1 is 1.00 bits per heavy atom. The average Bonchev–Trinajstić information content (AvgIpc) is 2.98. The molecule has 0 saturated heterocycles. The monoisotopic (exact) mass is 313 g/mol. The van der Waals surface area contributed by atoms with Crippen molar-refractivity contribution >= 4 is 21.9 Å². The molecule has 23 heavy (non-hydrogen) atoms. The molecule has 0 aliphatic carbocycles. The molecule has 4 rings (SSSR count). The minimum atomic E-state index is -4.44. The maximum Gasteiger partial charge on any atom is 0.418 e. The number of benzene rings is 1. The van der Waals surface area contributed by atoms with Crippen LogP contribution in [-0.2, 0) is 6.18 Å². The maximum absolute atomic E-state index is 13.2. The van der Waals surface area contributed by atoms with E-state index in [4.69, 9.17) is 0 Å².